The van der Waals surface area contributed by atoms with Crippen LogP contribution in [0.2, 0.25) is 0 Å². The average molecular weight is 281 g/mol. The van der Waals surface area contributed by atoms with Crippen molar-refractivity contribution in [3.63, 3.8) is 0 Å². The van der Waals surface area contributed by atoms with E-state index in [1.807, 2.05) is 0 Å². The Hall–Kier alpha value is -1.63. The Morgan fingerprint density at radius 1 is 1.53 bits per heavy atom. The Labute approximate surface area is 113 Å². The lowest BCUT2D eigenvalue weighted by Gasteiger charge is -2.34. The van der Waals surface area contributed by atoms with Crippen molar-refractivity contribution < 1.29 is 13.7 Å². The molecule has 0 bridgehead atoms. The monoisotopic (exact) mass is 281 g/mol. The number of rotatable bonds is 1. The lowest BCUT2D eigenvalue weighted by molar-refractivity contribution is -0.116. The number of methoxy groups -OCH3 is 1. The van der Waals surface area contributed by atoms with Crippen LogP contribution in [-0.2, 0) is 15.6 Å². The first-order valence-corrected chi connectivity index (χ1v) is 7.62. The van der Waals surface area contributed by atoms with Gasteiger partial charge in [-0.05, 0) is 6.07 Å². The molecule has 2 aliphatic rings. The van der Waals surface area contributed by atoms with Gasteiger partial charge >= 0.3 is 0 Å². The van der Waals surface area contributed by atoms with Crippen molar-refractivity contribution in [1.82, 2.24) is 4.98 Å². The zero-order valence-corrected chi connectivity index (χ0v) is 11.4. The Morgan fingerprint density at radius 2 is 2.37 bits per heavy atom. The summed E-state index contributed by atoms with van der Waals surface area (Å²) in [6.07, 6.45) is 0.352. The highest BCUT2D eigenvalue weighted by Crippen LogP contribution is 2.32. The van der Waals surface area contributed by atoms with Crippen LogP contribution in [0.15, 0.2) is 12.1 Å². The van der Waals surface area contributed by atoms with E-state index in [-0.39, 0.29) is 11.9 Å². The number of fused-ring (bicyclic) bond motifs is 3. The molecular weight excluding hydrogens is 266 g/mol. The molecule has 2 atom stereocenters. The molecule has 6 nitrogen and oxygen atoms in total. The maximum atomic E-state index is 11.9. The normalized spacial score (nSPS) is 25.9. The third kappa shape index (κ3) is 2.30. The van der Waals surface area contributed by atoms with Crippen molar-refractivity contribution in [2.45, 2.75) is 12.5 Å². The first-order valence-electron chi connectivity index (χ1n) is 6.14. The topological polar surface area (TPSA) is 71.5 Å². The number of pyridine rings is 1. The molecule has 102 valence electrons. The van der Waals surface area contributed by atoms with E-state index < -0.39 is 10.8 Å². The number of ether oxygens (including phenoxy) is 1. The summed E-state index contributed by atoms with van der Waals surface area (Å²) < 4.78 is 16.8. The molecule has 0 radical (unpaired) electrons. The molecule has 0 spiro atoms. The SMILES string of the molecule is COc1ccc2c(n1)N1CCS(=O)CC1CC(=O)N2. The van der Waals surface area contributed by atoms with Crippen LogP contribution in [0.4, 0.5) is 11.5 Å². The lowest BCUT2D eigenvalue weighted by Crippen LogP contribution is -2.47. The largest absolute Gasteiger partial charge is 0.481 e. The molecule has 7 heteroatoms. The van der Waals surface area contributed by atoms with Crippen LogP contribution in [0.5, 0.6) is 5.88 Å². The van der Waals surface area contributed by atoms with Gasteiger partial charge in [0.25, 0.3) is 0 Å². The van der Waals surface area contributed by atoms with Crippen molar-refractivity contribution in [3.05, 3.63) is 12.1 Å². The fourth-order valence-electron chi connectivity index (χ4n) is 2.50. The summed E-state index contributed by atoms with van der Waals surface area (Å²) in [6, 6.07) is 3.48. The number of carbonyl (C=O) groups excluding carboxylic acids is 1. The Morgan fingerprint density at radius 3 is 3.16 bits per heavy atom. The van der Waals surface area contributed by atoms with Crippen molar-refractivity contribution in [2.75, 3.05) is 35.4 Å². The number of nitrogens with zero attached hydrogens (tertiary/aromatic N) is 2. The minimum absolute atomic E-state index is 0.0459. The highest BCUT2D eigenvalue weighted by atomic mass is 32.2. The zero-order chi connectivity index (χ0) is 13.4. The number of nitrogens with one attached hydrogen (secondary N) is 1. The maximum Gasteiger partial charge on any atom is 0.226 e. The van der Waals surface area contributed by atoms with E-state index in [2.05, 4.69) is 15.2 Å². The summed E-state index contributed by atoms with van der Waals surface area (Å²) in [5, 5.41) is 2.85. The van der Waals surface area contributed by atoms with E-state index in [1.54, 1.807) is 19.2 Å². The molecule has 1 amide bonds. The van der Waals surface area contributed by atoms with Gasteiger partial charge in [0.1, 0.15) is 0 Å². The molecule has 3 rings (SSSR count). The van der Waals surface area contributed by atoms with Gasteiger partial charge in [-0.2, -0.15) is 4.98 Å². The number of anilines is 2. The highest BCUT2D eigenvalue weighted by molar-refractivity contribution is 7.85. The number of amides is 1. The van der Waals surface area contributed by atoms with Crippen molar-refractivity contribution in [2.24, 2.45) is 0 Å². The number of aromatic nitrogens is 1. The quantitative estimate of drug-likeness (QED) is 0.805. The second kappa shape index (κ2) is 4.80. The van der Waals surface area contributed by atoms with Crippen LogP contribution in [0, 0.1) is 0 Å². The summed E-state index contributed by atoms with van der Waals surface area (Å²) in [5.41, 5.74) is 0.695. The molecule has 19 heavy (non-hydrogen) atoms. The molecule has 0 saturated carbocycles. The van der Waals surface area contributed by atoms with Crippen LogP contribution >= 0.6 is 0 Å². The summed E-state index contributed by atoms with van der Waals surface area (Å²) in [6.45, 7) is 0.652. The maximum absolute atomic E-state index is 11.9. The van der Waals surface area contributed by atoms with E-state index >= 15 is 0 Å². The lowest BCUT2D eigenvalue weighted by atomic mass is 10.2. The van der Waals surface area contributed by atoms with E-state index in [0.29, 0.717) is 41.9 Å². The molecule has 1 aromatic rings. The van der Waals surface area contributed by atoms with Crippen molar-refractivity contribution >= 4 is 28.2 Å². The van der Waals surface area contributed by atoms with Gasteiger partial charge in [0.2, 0.25) is 11.8 Å². The van der Waals surface area contributed by atoms with Gasteiger partial charge in [-0.1, -0.05) is 0 Å². The summed E-state index contributed by atoms with van der Waals surface area (Å²) in [7, 11) is 0.716. The fourth-order valence-corrected chi connectivity index (χ4v) is 3.79. The van der Waals surface area contributed by atoms with Crippen LogP contribution in [0.1, 0.15) is 6.42 Å². The predicted octanol–water partition coefficient (Wildman–Crippen LogP) is 0.370. The summed E-state index contributed by atoms with van der Waals surface area (Å²) in [4.78, 5) is 18.4. The molecule has 3 heterocycles. The third-order valence-electron chi connectivity index (χ3n) is 3.40. The van der Waals surface area contributed by atoms with Crippen LogP contribution < -0.4 is 15.0 Å². The number of hydrogen-bond acceptors (Lipinski definition) is 5. The molecular formula is C12H15N3O3S. The highest BCUT2D eigenvalue weighted by Gasteiger charge is 2.33. The van der Waals surface area contributed by atoms with Gasteiger partial charge in [-0.25, -0.2) is 0 Å². The molecule has 1 fully saturated rings. The Balaban J connectivity index is 2.04. The zero-order valence-electron chi connectivity index (χ0n) is 10.6. The van der Waals surface area contributed by atoms with Crippen LogP contribution in [0.3, 0.4) is 0 Å². The second-order valence-corrected chi connectivity index (χ2v) is 6.26. The standard InChI is InChI=1S/C12H15N3O3S/c1-18-11-3-2-9-12(14-11)15-4-5-19(17)7-8(15)6-10(16)13-9/h2-3,8H,4-7H2,1H3,(H,13,16). The minimum Gasteiger partial charge on any atom is -0.481 e. The number of hydrogen-bond donors (Lipinski definition) is 1. The van der Waals surface area contributed by atoms with E-state index in [4.69, 9.17) is 4.74 Å². The van der Waals surface area contributed by atoms with E-state index in [9.17, 15) is 9.00 Å². The van der Waals surface area contributed by atoms with Crippen LogP contribution in [-0.4, -0.2) is 46.3 Å². The second-order valence-electron chi connectivity index (χ2n) is 4.63. The van der Waals surface area contributed by atoms with E-state index in [0.717, 1.165) is 0 Å². The smallest absolute Gasteiger partial charge is 0.226 e. The first kappa shape index (κ1) is 12.4. The van der Waals surface area contributed by atoms with Crippen molar-refractivity contribution in [3.8, 4) is 5.88 Å². The molecule has 1 N–H and O–H groups in total. The molecule has 0 aromatic carbocycles. The first-order chi connectivity index (χ1) is 9.17. The van der Waals surface area contributed by atoms with Gasteiger partial charge in [0.15, 0.2) is 5.82 Å². The van der Waals surface area contributed by atoms with E-state index in [1.165, 1.54) is 0 Å². The molecule has 2 unspecified atom stereocenters. The Bertz CT molecular complexity index is 549. The van der Waals surface area contributed by atoms with Crippen molar-refractivity contribution in [1.29, 1.82) is 0 Å². The third-order valence-corrected chi connectivity index (χ3v) is 4.80. The molecule has 1 aromatic heterocycles. The molecule has 0 aliphatic carbocycles. The fraction of sp³-hybridized carbons (Fsp3) is 0.500. The summed E-state index contributed by atoms with van der Waals surface area (Å²) in [5.74, 6) is 2.31. The van der Waals surface area contributed by atoms with Gasteiger partial charge in [0.05, 0.1) is 18.8 Å². The Kier molecular flexibility index (Phi) is 3.14. The molecule has 2 aliphatic heterocycles. The van der Waals surface area contributed by atoms with Crippen LogP contribution in [0.25, 0.3) is 0 Å². The minimum atomic E-state index is -0.846. The van der Waals surface area contributed by atoms with Gasteiger partial charge in [0, 0.05) is 41.3 Å². The van der Waals surface area contributed by atoms with Gasteiger partial charge in [-0.15, -0.1) is 0 Å². The summed E-state index contributed by atoms with van der Waals surface area (Å²) >= 11 is 0. The average Bonchev–Trinajstić information content (AvgIpc) is 2.52. The number of carbonyl (C=O) groups is 1. The molecule has 1 saturated heterocycles. The van der Waals surface area contributed by atoms with Gasteiger partial charge < -0.3 is 15.0 Å². The van der Waals surface area contributed by atoms with Gasteiger partial charge in [-0.3, -0.25) is 9.00 Å². The predicted molar refractivity (Wildman–Crippen MR) is 73.0 cm³/mol.